The van der Waals surface area contributed by atoms with Gasteiger partial charge < -0.3 is 0 Å². The second-order valence-corrected chi connectivity index (χ2v) is 8.20. The van der Waals surface area contributed by atoms with Crippen LogP contribution in [0, 0.1) is 6.92 Å². The molecular formula is C22H18F3NO2S. The first-order valence-corrected chi connectivity index (χ1v) is 10.1. The van der Waals surface area contributed by atoms with Crippen molar-refractivity contribution in [2.75, 3.05) is 4.72 Å². The standard InChI is InChI=1S/C22H18F3NO2S/c1-15-8-11-19(12-9-15)29(27,28)26-21-14-18(22(23,24)25)10-13-20(21)16(2)17-6-4-3-5-7-17/h3-14,26H,2H2,1H3. The molecule has 0 unspecified atom stereocenters. The number of hydrogen-bond donors (Lipinski definition) is 1. The van der Waals surface area contributed by atoms with Crippen molar-refractivity contribution in [3.8, 4) is 0 Å². The first-order chi connectivity index (χ1) is 13.6. The molecule has 150 valence electrons. The Hall–Kier alpha value is -3.06. The lowest BCUT2D eigenvalue weighted by Crippen LogP contribution is -2.15. The molecule has 0 spiro atoms. The normalized spacial score (nSPS) is 11.9. The van der Waals surface area contributed by atoms with Crippen molar-refractivity contribution < 1.29 is 21.6 Å². The minimum atomic E-state index is -4.61. The van der Waals surface area contributed by atoms with E-state index in [2.05, 4.69) is 11.3 Å². The van der Waals surface area contributed by atoms with E-state index in [0.717, 1.165) is 17.7 Å². The molecule has 3 nitrogen and oxygen atoms in total. The first kappa shape index (κ1) is 20.7. The Labute approximate surface area is 167 Å². The third kappa shape index (κ3) is 4.68. The molecule has 0 atom stereocenters. The third-order valence-corrected chi connectivity index (χ3v) is 5.75. The highest BCUT2D eigenvalue weighted by Crippen LogP contribution is 2.36. The summed E-state index contributed by atoms with van der Waals surface area (Å²) < 4.78 is 67.5. The minimum Gasteiger partial charge on any atom is -0.279 e. The van der Waals surface area contributed by atoms with Gasteiger partial charge in [0.25, 0.3) is 10.0 Å². The number of sulfonamides is 1. The molecule has 0 saturated carbocycles. The molecule has 0 radical (unpaired) electrons. The predicted molar refractivity (Wildman–Crippen MR) is 108 cm³/mol. The number of rotatable bonds is 5. The van der Waals surface area contributed by atoms with Crippen LogP contribution in [0.15, 0.2) is 84.3 Å². The Morgan fingerprint density at radius 3 is 2.14 bits per heavy atom. The molecule has 0 bridgehead atoms. The smallest absolute Gasteiger partial charge is 0.279 e. The summed E-state index contributed by atoms with van der Waals surface area (Å²) in [5, 5.41) is 0. The summed E-state index contributed by atoms with van der Waals surface area (Å²) in [5.74, 6) is 0. The largest absolute Gasteiger partial charge is 0.416 e. The zero-order chi connectivity index (χ0) is 21.2. The summed E-state index contributed by atoms with van der Waals surface area (Å²) in [6.07, 6.45) is -4.61. The molecule has 0 saturated heterocycles. The van der Waals surface area contributed by atoms with Crippen molar-refractivity contribution in [2.45, 2.75) is 18.0 Å². The lowest BCUT2D eigenvalue weighted by atomic mass is 9.97. The Balaban J connectivity index is 2.09. The molecule has 3 rings (SSSR count). The SMILES string of the molecule is C=C(c1ccccc1)c1ccc(C(F)(F)F)cc1NS(=O)(=O)c1ccc(C)cc1. The van der Waals surface area contributed by atoms with Gasteiger partial charge in [0, 0.05) is 5.56 Å². The average Bonchev–Trinajstić information content (AvgIpc) is 2.67. The average molecular weight is 417 g/mol. The van der Waals surface area contributed by atoms with Crippen LogP contribution >= 0.6 is 0 Å². The molecule has 0 aromatic heterocycles. The molecular weight excluding hydrogens is 399 g/mol. The Morgan fingerprint density at radius 2 is 1.55 bits per heavy atom. The van der Waals surface area contributed by atoms with Crippen LogP contribution in [0.3, 0.4) is 0 Å². The summed E-state index contributed by atoms with van der Waals surface area (Å²) in [6, 6.07) is 17.8. The molecule has 7 heteroatoms. The van der Waals surface area contributed by atoms with Crippen LogP contribution in [0.2, 0.25) is 0 Å². The van der Waals surface area contributed by atoms with Gasteiger partial charge in [-0.1, -0.05) is 60.7 Å². The highest BCUT2D eigenvalue weighted by atomic mass is 32.2. The quantitative estimate of drug-likeness (QED) is 0.564. The van der Waals surface area contributed by atoms with Crippen LogP contribution in [0.1, 0.15) is 22.3 Å². The fraction of sp³-hybridized carbons (Fsp3) is 0.0909. The maximum atomic E-state index is 13.2. The van der Waals surface area contributed by atoms with Crippen LogP contribution in [0.5, 0.6) is 0 Å². The number of hydrogen-bond acceptors (Lipinski definition) is 2. The van der Waals surface area contributed by atoms with Gasteiger partial charge >= 0.3 is 6.18 Å². The van der Waals surface area contributed by atoms with E-state index in [9.17, 15) is 21.6 Å². The molecule has 1 N–H and O–H groups in total. The van der Waals surface area contributed by atoms with Gasteiger partial charge in [-0.05, 0) is 42.3 Å². The maximum Gasteiger partial charge on any atom is 0.416 e. The lowest BCUT2D eigenvalue weighted by molar-refractivity contribution is -0.137. The maximum absolute atomic E-state index is 13.2. The second kappa shape index (κ2) is 7.75. The number of nitrogens with one attached hydrogen (secondary N) is 1. The molecule has 0 aliphatic rings. The molecule has 3 aromatic rings. The van der Waals surface area contributed by atoms with Gasteiger partial charge in [-0.25, -0.2) is 8.42 Å². The third-order valence-electron chi connectivity index (χ3n) is 4.37. The van der Waals surface area contributed by atoms with Crippen molar-refractivity contribution >= 4 is 21.3 Å². The lowest BCUT2D eigenvalue weighted by Gasteiger charge is -2.17. The predicted octanol–water partition coefficient (Wildman–Crippen LogP) is 5.88. The molecule has 3 aromatic carbocycles. The van der Waals surface area contributed by atoms with Crippen LogP contribution in [0.4, 0.5) is 18.9 Å². The first-order valence-electron chi connectivity index (χ1n) is 8.63. The fourth-order valence-electron chi connectivity index (χ4n) is 2.78. The van der Waals surface area contributed by atoms with Crippen molar-refractivity contribution in [1.29, 1.82) is 0 Å². The highest BCUT2D eigenvalue weighted by molar-refractivity contribution is 7.92. The van der Waals surface area contributed by atoms with Crippen molar-refractivity contribution in [1.82, 2.24) is 0 Å². The molecule has 0 fully saturated rings. The van der Waals surface area contributed by atoms with E-state index in [1.54, 1.807) is 49.4 Å². The van der Waals surface area contributed by atoms with E-state index in [-0.39, 0.29) is 16.1 Å². The fourth-order valence-corrected chi connectivity index (χ4v) is 3.85. The van der Waals surface area contributed by atoms with Crippen molar-refractivity contribution in [3.63, 3.8) is 0 Å². The van der Waals surface area contributed by atoms with E-state index in [0.29, 0.717) is 11.1 Å². The summed E-state index contributed by atoms with van der Waals surface area (Å²) in [6.45, 7) is 5.75. The van der Waals surface area contributed by atoms with Crippen LogP contribution in [-0.4, -0.2) is 8.42 Å². The van der Waals surface area contributed by atoms with E-state index in [1.165, 1.54) is 18.2 Å². The van der Waals surface area contributed by atoms with Gasteiger partial charge in [-0.2, -0.15) is 13.2 Å². The number of alkyl halides is 3. The Bertz CT molecular complexity index is 1140. The van der Waals surface area contributed by atoms with Crippen LogP contribution in [0.25, 0.3) is 5.57 Å². The monoisotopic (exact) mass is 417 g/mol. The number of anilines is 1. The number of aryl methyl sites for hydroxylation is 1. The molecule has 0 amide bonds. The second-order valence-electron chi connectivity index (χ2n) is 6.52. The van der Waals surface area contributed by atoms with Gasteiger partial charge in [0.15, 0.2) is 0 Å². The van der Waals surface area contributed by atoms with Crippen LogP contribution in [-0.2, 0) is 16.2 Å². The van der Waals surface area contributed by atoms with Gasteiger partial charge in [-0.3, -0.25) is 4.72 Å². The summed E-state index contributed by atoms with van der Waals surface area (Å²) in [4.78, 5) is -0.0446. The van der Waals surface area contributed by atoms with Gasteiger partial charge in [0.05, 0.1) is 16.1 Å². The molecule has 0 aliphatic carbocycles. The van der Waals surface area contributed by atoms with E-state index in [1.807, 2.05) is 0 Å². The van der Waals surface area contributed by atoms with E-state index >= 15 is 0 Å². The molecule has 0 heterocycles. The molecule has 29 heavy (non-hydrogen) atoms. The highest BCUT2D eigenvalue weighted by Gasteiger charge is 2.32. The van der Waals surface area contributed by atoms with E-state index in [4.69, 9.17) is 0 Å². The Morgan fingerprint density at radius 1 is 0.931 bits per heavy atom. The summed E-state index contributed by atoms with van der Waals surface area (Å²) in [7, 11) is -4.09. The Kier molecular flexibility index (Phi) is 5.53. The zero-order valence-corrected chi connectivity index (χ0v) is 16.3. The van der Waals surface area contributed by atoms with Gasteiger partial charge in [0.2, 0.25) is 0 Å². The van der Waals surface area contributed by atoms with E-state index < -0.39 is 21.8 Å². The van der Waals surface area contributed by atoms with Crippen molar-refractivity contribution in [2.24, 2.45) is 0 Å². The molecule has 0 aliphatic heterocycles. The number of benzene rings is 3. The van der Waals surface area contributed by atoms with Crippen LogP contribution < -0.4 is 4.72 Å². The van der Waals surface area contributed by atoms with Gasteiger partial charge in [0.1, 0.15) is 0 Å². The number of halogens is 3. The topological polar surface area (TPSA) is 46.2 Å². The minimum absolute atomic E-state index is 0.0446. The van der Waals surface area contributed by atoms with Gasteiger partial charge in [-0.15, -0.1) is 0 Å². The summed E-state index contributed by atoms with van der Waals surface area (Å²) in [5.41, 5.74) is 1.06. The zero-order valence-electron chi connectivity index (χ0n) is 15.5. The summed E-state index contributed by atoms with van der Waals surface area (Å²) >= 11 is 0. The van der Waals surface area contributed by atoms with Crippen molar-refractivity contribution in [3.05, 3.63) is 102 Å².